The normalized spacial score (nSPS) is 22.8. The predicted octanol–water partition coefficient (Wildman–Crippen LogP) is 4.95. The molecule has 1 heterocycles. The Bertz CT molecular complexity index is 784. The quantitative estimate of drug-likeness (QED) is 0.720. The minimum Gasteiger partial charge on any atom is -0.328 e. The van der Waals surface area contributed by atoms with E-state index >= 15 is 0 Å². The summed E-state index contributed by atoms with van der Waals surface area (Å²) in [7, 11) is 0. The zero-order valence-corrected chi connectivity index (χ0v) is 15.2. The molecule has 1 saturated heterocycles. The summed E-state index contributed by atoms with van der Waals surface area (Å²) in [6.07, 6.45) is 1.47. The molecular formula is C19H19Cl2FN2O. The van der Waals surface area contributed by atoms with E-state index in [9.17, 15) is 9.18 Å². The average Bonchev–Trinajstić information content (AvgIpc) is 3.02. The van der Waals surface area contributed by atoms with Crippen molar-refractivity contribution in [3.8, 4) is 0 Å². The molecule has 1 fully saturated rings. The van der Waals surface area contributed by atoms with Crippen LogP contribution >= 0.6 is 23.2 Å². The van der Waals surface area contributed by atoms with Gasteiger partial charge in [0, 0.05) is 35.1 Å². The highest BCUT2D eigenvalue weighted by atomic mass is 35.5. The number of rotatable bonds is 5. The van der Waals surface area contributed by atoms with E-state index in [0.29, 0.717) is 17.1 Å². The van der Waals surface area contributed by atoms with Crippen molar-refractivity contribution in [1.29, 1.82) is 0 Å². The number of benzene rings is 2. The number of amides is 1. The Morgan fingerprint density at radius 3 is 2.80 bits per heavy atom. The number of hydrogen-bond donors (Lipinski definition) is 2. The molecule has 6 heteroatoms. The summed E-state index contributed by atoms with van der Waals surface area (Å²) in [6.45, 7) is 2.85. The molecule has 0 aliphatic carbocycles. The van der Waals surface area contributed by atoms with E-state index in [1.165, 1.54) is 12.1 Å². The molecule has 0 aromatic heterocycles. The lowest BCUT2D eigenvalue weighted by Gasteiger charge is -2.26. The Kier molecular flexibility index (Phi) is 5.62. The molecule has 1 amide bonds. The average molecular weight is 381 g/mol. The molecule has 3 nitrogen and oxygen atoms in total. The van der Waals surface area contributed by atoms with Gasteiger partial charge in [-0.1, -0.05) is 42.3 Å². The SMILES string of the molecule is CC[C@H]1NCC(c2cccc(Cl)c2)C1c1cc(F)c(Cl)cc1NC=O. The van der Waals surface area contributed by atoms with Gasteiger partial charge in [-0.05, 0) is 41.8 Å². The highest BCUT2D eigenvalue weighted by Gasteiger charge is 2.38. The van der Waals surface area contributed by atoms with Gasteiger partial charge in [-0.25, -0.2) is 4.39 Å². The number of anilines is 1. The largest absolute Gasteiger partial charge is 0.328 e. The van der Waals surface area contributed by atoms with Crippen LogP contribution in [0.4, 0.5) is 10.1 Å². The smallest absolute Gasteiger partial charge is 0.211 e. The highest BCUT2D eigenvalue weighted by molar-refractivity contribution is 6.31. The summed E-state index contributed by atoms with van der Waals surface area (Å²) in [4.78, 5) is 11.0. The van der Waals surface area contributed by atoms with E-state index in [-0.39, 0.29) is 22.9 Å². The van der Waals surface area contributed by atoms with Crippen molar-refractivity contribution in [1.82, 2.24) is 5.32 Å². The van der Waals surface area contributed by atoms with Crippen LogP contribution in [0.2, 0.25) is 10.0 Å². The van der Waals surface area contributed by atoms with E-state index < -0.39 is 5.82 Å². The topological polar surface area (TPSA) is 41.1 Å². The molecule has 1 aliphatic heterocycles. The first-order valence-corrected chi connectivity index (χ1v) is 8.98. The number of halogens is 3. The van der Waals surface area contributed by atoms with Crippen molar-refractivity contribution in [2.45, 2.75) is 31.2 Å². The van der Waals surface area contributed by atoms with E-state index in [1.54, 1.807) is 0 Å². The third kappa shape index (κ3) is 3.66. The van der Waals surface area contributed by atoms with Gasteiger partial charge in [0.25, 0.3) is 0 Å². The number of carbonyl (C=O) groups is 1. The van der Waals surface area contributed by atoms with Gasteiger partial charge in [-0.15, -0.1) is 0 Å². The zero-order valence-electron chi connectivity index (χ0n) is 13.7. The maximum absolute atomic E-state index is 14.2. The van der Waals surface area contributed by atoms with Gasteiger partial charge in [-0.2, -0.15) is 0 Å². The van der Waals surface area contributed by atoms with Gasteiger partial charge >= 0.3 is 0 Å². The summed E-state index contributed by atoms with van der Waals surface area (Å²) in [5.74, 6) is -0.367. The second-order valence-corrected chi connectivity index (χ2v) is 7.07. The summed E-state index contributed by atoms with van der Waals surface area (Å²) in [6, 6.07) is 10.8. The molecule has 2 unspecified atom stereocenters. The zero-order chi connectivity index (χ0) is 18.0. The molecule has 25 heavy (non-hydrogen) atoms. The monoisotopic (exact) mass is 380 g/mol. The summed E-state index contributed by atoms with van der Waals surface area (Å²) in [5, 5.41) is 6.84. The Morgan fingerprint density at radius 2 is 2.12 bits per heavy atom. The molecule has 2 aromatic rings. The van der Waals surface area contributed by atoms with Crippen LogP contribution in [0.1, 0.15) is 36.3 Å². The Labute approximate surface area is 156 Å². The molecule has 0 bridgehead atoms. The molecule has 0 radical (unpaired) electrons. The van der Waals surface area contributed by atoms with Crippen LogP contribution in [0.15, 0.2) is 36.4 Å². The molecule has 0 spiro atoms. The van der Waals surface area contributed by atoms with Crippen molar-refractivity contribution in [3.05, 3.63) is 63.4 Å². The van der Waals surface area contributed by atoms with Crippen molar-refractivity contribution >= 4 is 35.3 Å². The second-order valence-electron chi connectivity index (χ2n) is 6.23. The van der Waals surface area contributed by atoms with Gasteiger partial charge in [0.1, 0.15) is 5.82 Å². The van der Waals surface area contributed by atoms with Gasteiger partial charge in [0.2, 0.25) is 6.41 Å². The predicted molar refractivity (Wildman–Crippen MR) is 100 cm³/mol. The first-order valence-electron chi connectivity index (χ1n) is 8.23. The fourth-order valence-electron chi connectivity index (χ4n) is 3.73. The van der Waals surface area contributed by atoms with Gasteiger partial charge < -0.3 is 10.6 Å². The van der Waals surface area contributed by atoms with Crippen LogP contribution in [-0.2, 0) is 4.79 Å². The van der Waals surface area contributed by atoms with Crippen LogP contribution in [0.3, 0.4) is 0 Å². The maximum atomic E-state index is 14.2. The molecule has 3 atom stereocenters. The Hall–Kier alpha value is -1.62. The Morgan fingerprint density at radius 1 is 1.32 bits per heavy atom. The van der Waals surface area contributed by atoms with Gasteiger partial charge in [-0.3, -0.25) is 4.79 Å². The third-order valence-corrected chi connectivity index (χ3v) is 5.37. The van der Waals surface area contributed by atoms with E-state index in [2.05, 4.69) is 17.6 Å². The fourth-order valence-corrected chi connectivity index (χ4v) is 4.10. The van der Waals surface area contributed by atoms with Crippen LogP contribution in [0.5, 0.6) is 0 Å². The maximum Gasteiger partial charge on any atom is 0.211 e. The molecule has 2 aromatic carbocycles. The van der Waals surface area contributed by atoms with Crippen molar-refractivity contribution < 1.29 is 9.18 Å². The van der Waals surface area contributed by atoms with E-state index in [4.69, 9.17) is 23.2 Å². The molecular weight excluding hydrogens is 362 g/mol. The second kappa shape index (κ2) is 7.73. The van der Waals surface area contributed by atoms with E-state index in [0.717, 1.165) is 24.1 Å². The van der Waals surface area contributed by atoms with Crippen LogP contribution < -0.4 is 10.6 Å². The number of hydrogen-bond acceptors (Lipinski definition) is 2. The first kappa shape index (κ1) is 18.2. The molecule has 0 saturated carbocycles. The lowest BCUT2D eigenvalue weighted by Crippen LogP contribution is -2.25. The van der Waals surface area contributed by atoms with Gasteiger partial charge in [0.05, 0.1) is 5.02 Å². The van der Waals surface area contributed by atoms with E-state index in [1.807, 2.05) is 24.3 Å². The lowest BCUT2D eigenvalue weighted by atomic mass is 9.79. The Balaban J connectivity index is 2.10. The first-order chi connectivity index (χ1) is 12.0. The highest BCUT2D eigenvalue weighted by Crippen LogP contribution is 2.44. The van der Waals surface area contributed by atoms with Crippen molar-refractivity contribution in [2.75, 3.05) is 11.9 Å². The summed E-state index contributed by atoms with van der Waals surface area (Å²) >= 11 is 12.1. The minimum atomic E-state index is -0.486. The van der Waals surface area contributed by atoms with Gasteiger partial charge in [0.15, 0.2) is 0 Å². The molecule has 1 aliphatic rings. The third-order valence-electron chi connectivity index (χ3n) is 4.85. The standard InChI is InChI=1S/C19H19Cl2FN2O/c1-2-17-19(13-7-16(22)15(21)8-18(13)24-10-25)14(9-23-17)11-4-3-5-12(20)6-11/h3-8,10,14,17,19,23H,2,9H2,1H3,(H,24,25)/t14?,17-,19?/m1/s1. The number of nitrogens with one attached hydrogen (secondary N) is 2. The van der Waals surface area contributed by atoms with Crippen molar-refractivity contribution in [2.24, 2.45) is 0 Å². The summed E-state index contributed by atoms with van der Waals surface area (Å²) in [5.41, 5.74) is 2.38. The fraction of sp³-hybridized carbons (Fsp3) is 0.316. The molecule has 2 N–H and O–H groups in total. The number of carbonyl (C=O) groups excluding carboxylic acids is 1. The lowest BCUT2D eigenvalue weighted by molar-refractivity contribution is -0.105. The summed E-state index contributed by atoms with van der Waals surface area (Å²) < 4.78 is 14.2. The van der Waals surface area contributed by atoms with Crippen molar-refractivity contribution in [3.63, 3.8) is 0 Å². The molecule has 132 valence electrons. The minimum absolute atomic E-state index is 0.00215. The van der Waals surface area contributed by atoms with Crippen LogP contribution in [-0.4, -0.2) is 19.0 Å². The van der Waals surface area contributed by atoms with Crippen LogP contribution in [0.25, 0.3) is 0 Å². The molecule has 3 rings (SSSR count). The van der Waals surface area contributed by atoms with Crippen LogP contribution in [0, 0.1) is 5.82 Å².